The fourth-order valence-corrected chi connectivity index (χ4v) is 9.52. The van der Waals surface area contributed by atoms with E-state index in [1.54, 1.807) is 63.0 Å². The number of aromatic nitrogens is 1. The molecule has 0 radical (unpaired) electrons. The van der Waals surface area contributed by atoms with Crippen molar-refractivity contribution in [2.75, 3.05) is 20.8 Å². The molecule has 4 fully saturated rings. The van der Waals surface area contributed by atoms with Crippen molar-refractivity contribution in [1.82, 2.24) is 4.57 Å². The van der Waals surface area contributed by atoms with Crippen LogP contribution in [0.1, 0.15) is 69.5 Å². The van der Waals surface area contributed by atoms with Gasteiger partial charge in [-0.2, -0.15) is 0 Å². The Morgan fingerprint density at radius 3 is 2.26 bits per heavy atom. The number of hydrogen-bond acceptors (Lipinski definition) is 9. The molecule has 0 amide bonds. The third-order valence-corrected chi connectivity index (χ3v) is 11.1. The van der Waals surface area contributed by atoms with E-state index in [-0.39, 0.29) is 23.6 Å². The number of fused-ring (bicyclic) bond motifs is 1. The molecule has 0 N–H and O–H groups in total. The number of hydrogen-bond donors (Lipinski definition) is 0. The Labute approximate surface area is 271 Å². The molecule has 1 atom stereocenters. The fourth-order valence-electron chi connectivity index (χ4n) is 8.47. The van der Waals surface area contributed by atoms with Crippen molar-refractivity contribution >= 4 is 29.4 Å². The Morgan fingerprint density at radius 2 is 1.65 bits per heavy atom. The lowest BCUT2D eigenvalue weighted by atomic mass is 9.49. The van der Waals surface area contributed by atoms with E-state index in [2.05, 4.69) is 4.99 Å². The van der Waals surface area contributed by atoms with Gasteiger partial charge in [0.25, 0.3) is 5.56 Å². The normalized spacial score (nSPS) is 26.4. The molecule has 1 aliphatic heterocycles. The summed E-state index contributed by atoms with van der Waals surface area (Å²) >= 11 is 1.25. The monoisotopic (exact) mass is 642 g/mol. The molecule has 240 valence electrons. The van der Waals surface area contributed by atoms with Gasteiger partial charge in [-0.15, -0.1) is 0 Å². The number of carbonyl (C=O) groups excluding carboxylic acids is 2. The Morgan fingerprint density at radius 1 is 0.978 bits per heavy atom. The first kappa shape index (κ1) is 30.5. The van der Waals surface area contributed by atoms with Gasteiger partial charge in [0.15, 0.2) is 16.3 Å². The number of allylic oxidation sites excluding steroid dienone is 1. The molecule has 10 heteroatoms. The van der Waals surface area contributed by atoms with E-state index in [1.807, 2.05) is 18.2 Å². The largest absolute Gasteiger partial charge is 0.497 e. The van der Waals surface area contributed by atoms with Gasteiger partial charge in [0.2, 0.25) is 0 Å². The van der Waals surface area contributed by atoms with Crippen molar-refractivity contribution in [3.63, 3.8) is 0 Å². The first-order chi connectivity index (χ1) is 22.2. The van der Waals surface area contributed by atoms with E-state index in [1.165, 1.54) is 30.6 Å². The van der Waals surface area contributed by atoms with Crippen LogP contribution >= 0.6 is 11.3 Å². The highest BCUT2D eigenvalue weighted by molar-refractivity contribution is 7.07. The number of ether oxygens (including phenoxy) is 4. The second-order valence-corrected chi connectivity index (χ2v) is 14.1. The van der Waals surface area contributed by atoms with Crippen LogP contribution in [0.25, 0.3) is 6.08 Å². The molecule has 2 heterocycles. The zero-order valence-electron chi connectivity index (χ0n) is 26.5. The number of methoxy groups -OCH3 is 2. The average Bonchev–Trinajstić information content (AvgIpc) is 3.34. The molecular formula is C36H38N2O7S. The first-order valence-electron chi connectivity index (χ1n) is 16.0. The SMILES string of the molecule is CCOC(=O)C1=C(C)N=c2s/c(=C\c3ccc(OC(=O)C45CC6CC(CC(C6)C4)C5)c(OC)c3)c(=O)n2[C@H]1c1ccc(OC)cc1. The second kappa shape index (κ2) is 11.9. The van der Waals surface area contributed by atoms with Crippen LogP contribution in [-0.2, 0) is 14.3 Å². The molecule has 1 aromatic heterocycles. The predicted molar refractivity (Wildman–Crippen MR) is 173 cm³/mol. The standard InChI is InChI=1S/C36H38N2O7S/c1-5-44-33(40)30-20(2)37-35-38(31(30)25-7-9-26(42-3)10-8-25)32(39)29(46-35)16-21-6-11-27(28(15-21)43-4)45-34(41)36-17-22-12-23(18-36)14-24(13-22)19-36/h6-11,15-16,22-24,31H,5,12-14,17-19H2,1-4H3/b29-16-/t22?,23?,24?,31-,36?/m0/s1. The molecule has 46 heavy (non-hydrogen) atoms. The zero-order valence-corrected chi connectivity index (χ0v) is 27.4. The van der Waals surface area contributed by atoms with Crippen molar-refractivity contribution in [2.24, 2.45) is 28.2 Å². The Balaban J connectivity index is 1.22. The molecule has 9 nitrogen and oxygen atoms in total. The minimum atomic E-state index is -0.718. The van der Waals surface area contributed by atoms with Crippen molar-refractivity contribution in [3.05, 3.63) is 84.5 Å². The van der Waals surface area contributed by atoms with E-state index in [0.29, 0.717) is 61.2 Å². The van der Waals surface area contributed by atoms with Gasteiger partial charge < -0.3 is 18.9 Å². The van der Waals surface area contributed by atoms with Gasteiger partial charge in [0.05, 0.1) is 48.1 Å². The Kier molecular flexibility index (Phi) is 7.87. The number of nitrogens with zero attached hydrogens (tertiary/aromatic N) is 2. The summed E-state index contributed by atoms with van der Waals surface area (Å²) in [6.07, 6.45) is 8.29. The van der Waals surface area contributed by atoms with Gasteiger partial charge in [-0.05, 0) is 112 Å². The molecule has 0 spiro atoms. The van der Waals surface area contributed by atoms with E-state index < -0.39 is 12.0 Å². The molecule has 4 aliphatic carbocycles. The minimum absolute atomic E-state index is 0.141. The number of thiazole rings is 1. The van der Waals surface area contributed by atoms with Crippen molar-refractivity contribution in [2.45, 2.75) is 58.4 Å². The topological polar surface area (TPSA) is 105 Å². The van der Waals surface area contributed by atoms with E-state index in [9.17, 15) is 14.4 Å². The van der Waals surface area contributed by atoms with E-state index >= 15 is 0 Å². The highest BCUT2D eigenvalue weighted by Gasteiger charge is 2.55. The summed E-state index contributed by atoms with van der Waals surface area (Å²) in [6, 6.07) is 11.9. The molecule has 2 aromatic carbocycles. The third-order valence-electron chi connectivity index (χ3n) is 10.1. The second-order valence-electron chi connectivity index (χ2n) is 13.1. The van der Waals surface area contributed by atoms with Gasteiger partial charge in [-0.1, -0.05) is 29.5 Å². The molecular weight excluding hydrogens is 604 g/mol. The first-order valence-corrected chi connectivity index (χ1v) is 16.8. The van der Waals surface area contributed by atoms with Gasteiger partial charge in [0.1, 0.15) is 5.75 Å². The Hall–Kier alpha value is -4.18. The van der Waals surface area contributed by atoms with Crippen LogP contribution in [0.3, 0.4) is 0 Å². The summed E-state index contributed by atoms with van der Waals surface area (Å²) in [5.74, 6) is 2.73. The van der Waals surface area contributed by atoms with E-state index in [4.69, 9.17) is 18.9 Å². The van der Waals surface area contributed by atoms with Crippen LogP contribution in [0.2, 0.25) is 0 Å². The maximum absolute atomic E-state index is 14.0. The van der Waals surface area contributed by atoms with Gasteiger partial charge >= 0.3 is 11.9 Å². The summed E-state index contributed by atoms with van der Waals surface area (Å²) in [7, 11) is 3.13. The number of rotatable bonds is 8. The summed E-state index contributed by atoms with van der Waals surface area (Å²) < 4.78 is 24.4. The molecule has 3 aromatic rings. The van der Waals surface area contributed by atoms with Crippen LogP contribution in [-0.4, -0.2) is 37.3 Å². The summed E-state index contributed by atoms with van der Waals surface area (Å²) in [6.45, 7) is 3.70. The fraction of sp³-hybridized carbons (Fsp3) is 0.444. The highest BCUT2D eigenvalue weighted by atomic mass is 32.1. The molecule has 8 rings (SSSR count). The summed E-state index contributed by atoms with van der Waals surface area (Å²) in [5, 5.41) is 0. The maximum atomic E-state index is 14.0. The number of esters is 2. The van der Waals surface area contributed by atoms with Crippen LogP contribution in [0, 0.1) is 23.2 Å². The maximum Gasteiger partial charge on any atom is 0.338 e. The van der Waals surface area contributed by atoms with Gasteiger partial charge in [-0.25, -0.2) is 9.79 Å². The van der Waals surface area contributed by atoms with Gasteiger partial charge in [0, 0.05) is 0 Å². The predicted octanol–water partition coefficient (Wildman–Crippen LogP) is 4.94. The molecule has 0 unspecified atom stereocenters. The van der Waals surface area contributed by atoms with Crippen LogP contribution in [0.4, 0.5) is 0 Å². The number of carbonyl (C=O) groups is 2. The smallest absolute Gasteiger partial charge is 0.338 e. The van der Waals surface area contributed by atoms with Crippen molar-refractivity contribution in [1.29, 1.82) is 0 Å². The lowest BCUT2D eigenvalue weighted by Gasteiger charge is -2.55. The lowest BCUT2D eigenvalue weighted by Crippen LogP contribution is -2.51. The summed E-state index contributed by atoms with van der Waals surface area (Å²) in [5.41, 5.74) is 1.59. The van der Waals surface area contributed by atoms with E-state index in [0.717, 1.165) is 24.8 Å². The van der Waals surface area contributed by atoms with Crippen LogP contribution in [0.5, 0.6) is 17.2 Å². The molecule has 0 saturated heterocycles. The minimum Gasteiger partial charge on any atom is -0.497 e. The highest BCUT2D eigenvalue weighted by Crippen LogP contribution is 2.60. The molecule has 5 aliphatic rings. The van der Waals surface area contributed by atoms with Gasteiger partial charge in [-0.3, -0.25) is 14.2 Å². The van der Waals surface area contributed by atoms with Crippen molar-refractivity contribution in [3.8, 4) is 17.2 Å². The van der Waals surface area contributed by atoms with Crippen LogP contribution in [0.15, 0.2) is 63.5 Å². The zero-order chi connectivity index (χ0) is 32.2. The molecule has 4 bridgehead atoms. The summed E-state index contributed by atoms with van der Waals surface area (Å²) in [4.78, 5) is 45.9. The van der Waals surface area contributed by atoms with Crippen LogP contribution < -0.4 is 29.1 Å². The third kappa shape index (κ3) is 5.26. The lowest BCUT2D eigenvalue weighted by molar-refractivity contribution is -0.161. The quantitative estimate of drug-likeness (QED) is 0.253. The Bertz CT molecular complexity index is 1880. The van der Waals surface area contributed by atoms with Crippen molar-refractivity contribution < 1.29 is 28.5 Å². The average molecular weight is 643 g/mol. The molecule has 4 saturated carbocycles. The number of benzene rings is 2.